The van der Waals surface area contributed by atoms with Crippen molar-refractivity contribution in [1.82, 2.24) is 10.2 Å². The molecule has 1 aliphatic rings. The number of rotatable bonds is 7. The lowest BCUT2D eigenvalue weighted by atomic mass is 9.91. The first kappa shape index (κ1) is 21.4. The average molecular weight is 431 g/mol. The van der Waals surface area contributed by atoms with Gasteiger partial charge in [-0.05, 0) is 34.9 Å². The van der Waals surface area contributed by atoms with Crippen molar-refractivity contribution < 1.29 is 19.1 Å². The number of fused-ring (bicyclic) bond motifs is 1. The van der Waals surface area contributed by atoms with E-state index in [4.69, 9.17) is 9.47 Å². The number of benzene rings is 3. The Bertz CT molecular complexity index is 1110. The van der Waals surface area contributed by atoms with Crippen LogP contribution in [0.15, 0.2) is 72.8 Å². The number of amides is 2. The van der Waals surface area contributed by atoms with Gasteiger partial charge in [0.2, 0.25) is 11.8 Å². The molecule has 0 saturated heterocycles. The van der Waals surface area contributed by atoms with Crippen molar-refractivity contribution in [3.63, 3.8) is 0 Å². The number of methoxy groups -OCH3 is 2. The van der Waals surface area contributed by atoms with E-state index in [1.807, 2.05) is 72.8 Å². The van der Waals surface area contributed by atoms with Crippen molar-refractivity contribution in [2.24, 2.45) is 0 Å². The SMILES string of the molecule is COc1ccc(OC)c(CNC(=O)C2c3ccccc3CC(=O)N2Cc2ccccc2)c1. The number of carbonyl (C=O) groups is 2. The van der Waals surface area contributed by atoms with Gasteiger partial charge in [-0.3, -0.25) is 9.59 Å². The Balaban J connectivity index is 1.62. The van der Waals surface area contributed by atoms with E-state index in [2.05, 4.69) is 5.32 Å². The lowest BCUT2D eigenvalue weighted by molar-refractivity contribution is -0.142. The Labute approximate surface area is 187 Å². The lowest BCUT2D eigenvalue weighted by Gasteiger charge is -2.36. The third-order valence-electron chi connectivity index (χ3n) is 5.71. The van der Waals surface area contributed by atoms with E-state index >= 15 is 0 Å². The third kappa shape index (κ3) is 4.44. The molecule has 3 aromatic rings. The van der Waals surface area contributed by atoms with Crippen molar-refractivity contribution in [1.29, 1.82) is 0 Å². The molecule has 6 nitrogen and oxygen atoms in total. The van der Waals surface area contributed by atoms with Crippen LogP contribution in [-0.2, 0) is 29.1 Å². The number of nitrogens with zero attached hydrogens (tertiary/aromatic N) is 1. The molecule has 1 aliphatic heterocycles. The lowest BCUT2D eigenvalue weighted by Crippen LogP contribution is -2.46. The molecule has 0 aromatic heterocycles. The Hall–Kier alpha value is -3.80. The smallest absolute Gasteiger partial charge is 0.247 e. The highest BCUT2D eigenvalue weighted by atomic mass is 16.5. The number of nitrogens with one attached hydrogen (secondary N) is 1. The Morgan fingerprint density at radius 1 is 1.00 bits per heavy atom. The number of ether oxygens (including phenoxy) is 2. The second-order valence-corrected chi connectivity index (χ2v) is 7.68. The summed E-state index contributed by atoms with van der Waals surface area (Å²) in [7, 11) is 3.18. The molecular weight excluding hydrogens is 404 g/mol. The average Bonchev–Trinajstić information content (AvgIpc) is 2.83. The number of hydrogen-bond donors (Lipinski definition) is 1. The monoisotopic (exact) mass is 430 g/mol. The van der Waals surface area contributed by atoms with Crippen LogP contribution >= 0.6 is 0 Å². The fraction of sp³-hybridized carbons (Fsp3) is 0.231. The third-order valence-corrected chi connectivity index (χ3v) is 5.71. The zero-order valence-electron chi connectivity index (χ0n) is 18.2. The normalized spacial score (nSPS) is 15.1. The van der Waals surface area contributed by atoms with Crippen LogP contribution < -0.4 is 14.8 Å². The van der Waals surface area contributed by atoms with Gasteiger partial charge >= 0.3 is 0 Å². The topological polar surface area (TPSA) is 67.9 Å². The van der Waals surface area contributed by atoms with E-state index in [0.29, 0.717) is 18.0 Å². The Morgan fingerprint density at radius 2 is 1.75 bits per heavy atom. The zero-order chi connectivity index (χ0) is 22.5. The molecule has 1 heterocycles. The van der Waals surface area contributed by atoms with Crippen LogP contribution in [0.1, 0.15) is 28.3 Å². The summed E-state index contributed by atoms with van der Waals surface area (Å²) in [6.07, 6.45) is 0.288. The summed E-state index contributed by atoms with van der Waals surface area (Å²) < 4.78 is 10.7. The highest BCUT2D eigenvalue weighted by Gasteiger charge is 2.37. The van der Waals surface area contributed by atoms with Crippen LogP contribution in [0, 0.1) is 0 Å². The summed E-state index contributed by atoms with van der Waals surface area (Å²) in [6.45, 7) is 0.625. The van der Waals surface area contributed by atoms with Crippen LogP contribution in [0.3, 0.4) is 0 Å². The minimum atomic E-state index is -0.704. The molecule has 1 unspecified atom stereocenters. The van der Waals surface area contributed by atoms with E-state index in [0.717, 1.165) is 22.3 Å². The Kier molecular flexibility index (Phi) is 6.40. The first-order chi connectivity index (χ1) is 15.6. The van der Waals surface area contributed by atoms with Gasteiger partial charge in [-0.2, -0.15) is 0 Å². The fourth-order valence-corrected chi connectivity index (χ4v) is 4.08. The molecule has 0 radical (unpaired) electrons. The van der Waals surface area contributed by atoms with Crippen molar-refractivity contribution in [3.8, 4) is 11.5 Å². The van der Waals surface area contributed by atoms with Gasteiger partial charge in [-0.1, -0.05) is 54.6 Å². The van der Waals surface area contributed by atoms with E-state index in [9.17, 15) is 9.59 Å². The van der Waals surface area contributed by atoms with Crippen molar-refractivity contribution in [2.75, 3.05) is 14.2 Å². The summed E-state index contributed by atoms with van der Waals surface area (Å²) in [5.74, 6) is 1.05. The second kappa shape index (κ2) is 9.56. The van der Waals surface area contributed by atoms with E-state index < -0.39 is 6.04 Å². The zero-order valence-corrected chi connectivity index (χ0v) is 18.2. The molecule has 164 valence electrons. The summed E-state index contributed by atoms with van der Waals surface area (Å²) in [5, 5.41) is 3.00. The maximum absolute atomic E-state index is 13.5. The molecular formula is C26H26N2O4. The predicted octanol–water partition coefficient (Wildman–Crippen LogP) is 3.65. The summed E-state index contributed by atoms with van der Waals surface area (Å²) >= 11 is 0. The van der Waals surface area contributed by atoms with Crippen LogP contribution in [0.2, 0.25) is 0 Å². The maximum atomic E-state index is 13.5. The molecule has 0 saturated carbocycles. The summed E-state index contributed by atoms with van der Waals surface area (Å²) in [6, 6.07) is 22.1. The minimum absolute atomic E-state index is 0.0633. The first-order valence-corrected chi connectivity index (χ1v) is 10.5. The quantitative estimate of drug-likeness (QED) is 0.621. The summed E-state index contributed by atoms with van der Waals surface area (Å²) in [4.78, 5) is 28.2. The standard InChI is InChI=1S/C26H26N2O4/c1-31-21-12-13-23(32-2)20(14-21)16-27-26(30)25-22-11-7-6-10-19(22)15-24(29)28(25)17-18-8-4-3-5-9-18/h3-14,25H,15-17H2,1-2H3,(H,27,30). The molecule has 3 aromatic carbocycles. The van der Waals surface area contributed by atoms with Gasteiger partial charge in [0.1, 0.15) is 17.5 Å². The molecule has 0 fully saturated rings. The van der Waals surface area contributed by atoms with E-state index in [-0.39, 0.29) is 24.8 Å². The molecule has 0 aliphatic carbocycles. The van der Waals surface area contributed by atoms with Gasteiger partial charge in [-0.25, -0.2) is 0 Å². The van der Waals surface area contributed by atoms with Gasteiger partial charge in [0.05, 0.1) is 20.6 Å². The van der Waals surface area contributed by atoms with Gasteiger partial charge in [0.15, 0.2) is 0 Å². The molecule has 1 atom stereocenters. The predicted molar refractivity (Wildman–Crippen MR) is 121 cm³/mol. The van der Waals surface area contributed by atoms with Crippen molar-refractivity contribution >= 4 is 11.8 Å². The van der Waals surface area contributed by atoms with Crippen molar-refractivity contribution in [2.45, 2.75) is 25.6 Å². The Morgan fingerprint density at radius 3 is 2.50 bits per heavy atom. The van der Waals surface area contributed by atoms with Gasteiger partial charge in [0, 0.05) is 18.7 Å². The van der Waals surface area contributed by atoms with Crippen LogP contribution in [-0.4, -0.2) is 30.9 Å². The summed E-state index contributed by atoms with van der Waals surface area (Å²) in [5.41, 5.74) is 3.52. The largest absolute Gasteiger partial charge is 0.497 e. The molecule has 6 heteroatoms. The molecule has 4 rings (SSSR count). The van der Waals surface area contributed by atoms with Crippen LogP contribution in [0.5, 0.6) is 11.5 Å². The number of carbonyl (C=O) groups excluding carboxylic acids is 2. The van der Waals surface area contributed by atoms with E-state index in [1.54, 1.807) is 19.1 Å². The first-order valence-electron chi connectivity index (χ1n) is 10.5. The molecule has 32 heavy (non-hydrogen) atoms. The number of hydrogen-bond acceptors (Lipinski definition) is 4. The molecule has 1 N–H and O–H groups in total. The van der Waals surface area contributed by atoms with Gasteiger partial charge < -0.3 is 19.7 Å². The van der Waals surface area contributed by atoms with Gasteiger partial charge in [-0.15, -0.1) is 0 Å². The van der Waals surface area contributed by atoms with E-state index in [1.165, 1.54) is 0 Å². The van der Waals surface area contributed by atoms with Crippen LogP contribution in [0.4, 0.5) is 0 Å². The minimum Gasteiger partial charge on any atom is -0.497 e. The van der Waals surface area contributed by atoms with Crippen LogP contribution in [0.25, 0.3) is 0 Å². The highest BCUT2D eigenvalue weighted by Crippen LogP contribution is 2.32. The second-order valence-electron chi connectivity index (χ2n) is 7.68. The molecule has 0 spiro atoms. The highest BCUT2D eigenvalue weighted by molar-refractivity contribution is 5.92. The molecule has 0 bridgehead atoms. The fourth-order valence-electron chi connectivity index (χ4n) is 4.08. The van der Waals surface area contributed by atoms with Gasteiger partial charge in [0.25, 0.3) is 0 Å². The maximum Gasteiger partial charge on any atom is 0.247 e. The van der Waals surface area contributed by atoms with Crippen molar-refractivity contribution in [3.05, 3.63) is 95.1 Å². The molecule has 2 amide bonds.